The molecule has 30 heavy (non-hydrogen) atoms. The number of hydrazine groups is 1. The Morgan fingerprint density at radius 2 is 1.80 bits per heavy atom. The van der Waals surface area contributed by atoms with Crippen molar-refractivity contribution in [2.24, 2.45) is 0 Å². The van der Waals surface area contributed by atoms with E-state index in [-0.39, 0.29) is 17.8 Å². The topological polar surface area (TPSA) is 106 Å². The summed E-state index contributed by atoms with van der Waals surface area (Å²) in [4.78, 5) is 23.6. The number of hydrogen-bond acceptors (Lipinski definition) is 7. The molecule has 9 nitrogen and oxygen atoms in total. The largest absolute Gasteiger partial charge is 0.493 e. The van der Waals surface area contributed by atoms with Gasteiger partial charge in [-0.15, -0.1) is 0 Å². The molecular weight excluding hydrogens is 388 g/mol. The SMILES string of the molecule is COc1ccc(CNC(=O)c2cc([N+](=O)[O-])ccc2NN2CCCCC2)cc1OC. The van der Waals surface area contributed by atoms with Crippen molar-refractivity contribution in [3.8, 4) is 11.5 Å². The number of hydrogen-bond donors (Lipinski definition) is 2. The fourth-order valence-electron chi connectivity index (χ4n) is 3.38. The van der Waals surface area contributed by atoms with Gasteiger partial charge in [0.05, 0.1) is 30.4 Å². The van der Waals surface area contributed by atoms with E-state index in [0.717, 1.165) is 31.5 Å². The molecule has 0 aliphatic carbocycles. The van der Waals surface area contributed by atoms with Crippen LogP contribution < -0.4 is 20.2 Å². The first-order valence-corrected chi connectivity index (χ1v) is 9.81. The molecule has 0 saturated carbocycles. The van der Waals surface area contributed by atoms with Crippen molar-refractivity contribution >= 4 is 17.3 Å². The molecule has 1 heterocycles. The van der Waals surface area contributed by atoms with Crippen molar-refractivity contribution in [1.29, 1.82) is 0 Å². The molecule has 2 aromatic rings. The maximum absolute atomic E-state index is 12.9. The van der Waals surface area contributed by atoms with Crippen LogP contribution >= 0.6 is 0 Å². The van der Waals surface area contributed by atoms with Gasteiger partial charge in [0.25, 0.3) is 11.6 Å². The second kappa shape index (κ2) is 9.93. The fourth-order valence-corrected chi connectivity index (χ4v) is 3.38. The van der Waals surface area contributed by atoms with Crippen LogP contribution in [-0.2, 0) is 6.54 Å². The molecule has 3 rings (SSSR count). The monoisotopic (exact) mass is 414 g/mol. The Bertz CT molecular complexity index is 912. The number of piperidine rings is 1. The molecule has 0 atom stereocenters. The summed E-state index contributed by atoms with van der Waals surface area (Å²) in [5, 5.41) is 16.1. The van der Waals surface area contributed by atoms with Gasteiger partial charge in [-0.1, -0.05) is 12.5 Å². The van der Waals surface area contributed by atoms with Crippen LogP contribution in [0.3, 0.4) is 0 Å². The predicted octanol–water partition coefficient (Wildman–Crippen LogP) is 3.35. The van der Waals surface area contributed by atoms with E-state index < -0.39 is 10.8 Å². The molecular formula is C21H26N4O5. The summed E-state index contributed by atoms with van der Waals surface area (Å²) in [6.07, 6.45) is 3.32. The minimum atomic E-state index is -0.504. The number of benzene rings is 2. The molecule has 0 bridgehead atoms. The fraction of sp³-hybridized carbons (Fsp3) is 0.381. The highest BCUT2D eigenvalue weighted by Crippen LogP contribution is 2.28. The highest BCUT2D eigenvalue weighted by molar-refractivity contribution is 6.00. The van der Waals surface area contributed by atoms with Crippen LogP contribution in [0.5, 0.6) is 11.5 Å². The number of carbonyl (C=O) groups is 1. The lowest BCUT2D eigenvalue weighted by molar-refractivity contribution is -0.384. The smallest absolute Gasteiger partial charge is 0.270 e. The van der Waals surface area contributed by atoms with Crippen LogP contribution in [0.15, 0.2) is 36.4 Å². The zero-order valence-electron chi connectivity index (χ0n) is 17.1. The quantitative estimate of drug-likeness (QED) is 0.504. The Morgan fingerprint density at radius 1 is 1.07 bits per heavy atom. The molecule has 1 saturated heterocycles. The number of rotatable bonds is 8. The van der Waals surface area contributed by atoms with Gasteiger partial charge in [-0.05, 0) is 36.6 Å². The standard InChI is InChI=1S/C21H26N4O5/c1-29-19-9-6-15(12-20(19)30-2)14-22-21(26)17-13-16(25(27)28)7-8-18(17)23-24-10-4-3-5-11-24/h6-9,12-13,23H,3-5,10-11,14H2,1-2H3,(H,22,26). The number of carbonyl (C=O) groups excluding carboxylic acids is 1. The minimum Gasteiger partial charge on any atom is -0.493 e. The third kappa shape index (κ3) is 5.18. The molecule has 0 spiro atoms. The van der Waals surface area contributed by atoms with Gasteiger partial charge in [-0.3, -0.25) is 14.9 Å². The zero-order valence-corrected chi connectivity index (χ0v) is 17.1. The average molecular weight is 414 g/mol. The molecule has 0 radical (unpaired) electrons. The van der Waals surface area contributed by atoms with Gasteiger partial charge in [-0.25, -0.2) is 5.01 Å². The van der Waals surface area contributed by atoms with E-state index in [1.807, 2.05) is 11.1 Å². The van der Waals surface area contributed by atoms with Crippen molar-refractivity contribution < 1.29 is 19.2 Å². The van der Waals surface area contributed by atoms with Crippen LogP contribution in [0.2, 0.25) is 0 Å². The Balaban J connectivity index is 1.77. The molecule has 1 amide bonds. The second-order valence-electron chi connectivity index (χ2n) is 7.02. The molecule has 160 valence electrons. The number of amides is 1. The summed E-state index contributed by atoms with van der Waals surface area (Å²) in [6, 6.07) is 9.64. The Labute approximate surface area is 175 Å². The van der Waals surface area contributed by atoms with Crippen molar-refractivity contribution in [2.75, 3.05) is 32.7 Å². The zero-order chi connectivity index (χ0) is 21.5. The van der Waals surface area contributed by atoms with Gasteiger partial charge in [-0.2, -0.15) is 0 Å². The van der Waals surface area contributed by atoms with E-state index in [1.54, 1.807) is 32.4 Å². The van der Waals surface area contributed by atoms with E-state index in [0.29, 0.717) is 17.2 Å². The van der Waals surface area contributed by atoms with Crippen molar-refractivity contribution in [3.05, 3.63) is 57.6 Å². The molecule has 0 unspecified atom stereocenters. The average Bonchev–Trinajstić information content (AvgIpc) is 2.78. The van der Waals surface area contributed by atoms with Crippen LogP contribution in [0, 0.1) is 10.1 Å². The lowest BCUT2D eigenvalue weighted by atomic mass is 10.1. The van der Waals surface area contributed by atoms with Gasteiger partial charge >= 0.3 is 0 Å². The lowest BCUT2D eigenvalue weighted by Gasteiger charge is -2.28. The van der Waals surface area contributed by atoms with Crippen molar-refractivity contribution in [2.45, 2.75) is 25.8 Å². The summed E-state index contributed by atoms with van der Waals surface area (Å²) in [5.41, 5.74) is 4.71. The number of methoxy groups -OCH3 is 2. The number of nitro groups is 1. The molecule has 1 aliphatic heterocycles. The van der Waals surface area contributed by atoms with Crippen LogP contribution in [0.25, 0.3) is 0 Å². The summed E-state index contributed by atoms with van der Waals surface area (Å²) in [7, 11) is 3.10. The summed E-state index contributed by atoms with van der Waals surface area (Å²) >= 11 is 0. The number of anilines is 1. The Morgan fingerprint density at radius 3 is 2.47 bits per heavy atom. The number of nitrogens with one attached hydrogen (secondary N) is 2. The third-order valence-electron chi connectivity index (χ3n) is 4.99. The van der Waals surface area contributed by atoms with Crippen molar-refractivity contribution in [1.82, 2.24) is 10.3 Å². The van der Waals surface area contributed by atoms with Gasteiger partial charge in [0.15, 0.2) is 11.5 Å². The first kappa shape index (κ1) is 21.4. The predicted molar refractivity (Wildman–Crippen MR) is 113 cm³/mol. The van der Waals surface area contributed by atoms with Crippen molar-refractivity contribution in [3.63, 3.8) is 0 Å². The van der Waals surface area contributed by atoms with Crippen LogP contribution in [0.4, 0.5) is 11.4 Å². The number of nitro benzene ring substituents is 1. The van der Waals surface area contributed by atoms with E-state index in [9.17, 15) is 14.9 Å². The molecule has 1 aliphatic rings. The number of ether oxygens (including phenoxy) is 2. The summed E-state index contributed by atoms with van der Waals surface area (Å²) < 4.78 is 10.5. The van der Waals surface area contributed by atoms with Gasteiger partial charge in [0.1, 0.15) is 0 Å². The number of nitrogens with zero attached hydrogens (tertiary/aromatic N) is 2. The minimum absolute atomic E-state index is 0.129. The molecule has 1 fully saturated rings. The van der Waals surface area contributed by atoms with Gasteiger partial charge < -0.3 is 20.2 Å². The van der Waals surface area contributed by atoms with Gasteiger partial charge in [0, 0.05) is 31.8 Å². The molecule has 0 aromatic heterocycles. The van der Waals surface area contributed by atoms with Crippen LogP contribution in [0.1, 0.15) is 35.2 Å². The maximum atomic E-state index is 12.9. The van der Waals surface area contributed by atoms with Crippen LogP contribution in [-0.4, -0.2) is 43.1 Å². The van der Waals surface area contributed by atoms with E-state index in [1.165, 1.54) is 18.6 Å². The first-order chi connectivity index (χ1) is 14.5. The van der Waals surface area contributed by atoms with E-state index in [2.05, 4.69) is 10.7 Å². The molecule has 9 heteroatoms. The Hall–Kier alpha value is -3.33. The maximum Gasteiger partial charge on any atom is 0.270 e. The number of non-ortho nitro benzene ring substituents is 1. The Kier molecular flexibility index (Phi) is 7.08. The second-order valence-corrected chi connectivity index (χ2v) is 7.02. The van der Waals surface area contributed by atoms with E-state index in [4.69, 9.17) is 9.47 Å². The first-order valence-electron chi connectivity index (χ1n) is 9.81. The molecule has 2 aromatic carbocycles. The normalized spacial score (nSPS) is 14.1. The summed E-state index contributed by atoms with van der Waals surface area (Å²) in [6.45, 7) is 1.97. The highest BCUT2D eigenvalue weighted by atomic mass is 16.6. The summed E-state index contributed by atoms with van der Waals surface area (Å²) in [5.74, 6) is 0.763. The van der Waals surface area contributed by atoms with E-state index >= 15 is 0 Å². The molecule has 2 N–H and O–H groups in total. The van der Waals surface area contributed by atoms with Gasteiger partial charge in [0.2, 0.25) is 0 Å². The highest BCUT2D eigenvalue weighted by Gasteiger charge is 2.19. The third-order valence-corrected chi connectivity index (χ3v) is 4.99. The lowest BCUT2D eigenvalue weighted by Crippen LogP contribution is -2.36.